The van der Waals surface area contributed by atoms with E-state index in [1.807, 2.05) is 6.07 Å². The van der Waals surface area contributed by atoms with Gasteiger partial charge < -0.3 is 10.1 Å². The van der Waals surface area contributed by atoms with Crippen LogP contribution in [0, 0.1) is 0 Å². The van der Waals surface area contributed by atoms with Crippen molar-refractivity contribution in [2.75, 3.05) is 13.7 Å². The van der Waals surface area contributed by atoms with Crippen molar-refractivity contribution in [1.29, 1.82) is 0 Å². The van der Waals surface area contributed by atoms with Crippen LogP contribution in [0.15, 0.2) is 18.3 Å². The fraction of sp³-hybridized carbons (Fsp3) is 0.545. The predicted octanol–water partition coefficient (Wildman–Crippen LogP) is 2.15. The second-order valence-electron chi connectivity index (χ2n) is 3.12. The molecule has 1 aromatic heterocycles. The molecule has 0 aliphatic heterocycles. The summed E-state index contributed by atoms with van der Waals surface area (Å²) in [5.74, 6) is 0.723. The zero-order chi connectivity index (χ0) is 10.4. The third-order valence-electron chi connectivity index (χ3n) is 2.23. The summed E-state index contributed by atoms with van der Waals surface area (Å²) in [6, 6.07) is 4.34. The fourth-order valence-electron chi connectivity index (χ4n) is 1.56. The average Bonchev–Trinajstić information content (AvgIpc) is 2.26. The summed E-state index contributed by atoms with van der Waals surface area (Å²) in [5.41, 5.74) is 1.14. The van der Waals surface area contributed by atoms with Gasteiger partial charge in [0.1, 0.15) is 0 Å². The molecule has 1 rings (SSSR count). The number of nitrogens with one attached hydrogen (secondary N) is 1. The smallest absolute Gasteiger partial charge is 0.217 e. The normalized spacial score (nSPS) is 12.5. The molecule has 0 saturated carbocycles. The van der Waals surface area contributed by atoms with Crippen LogP contribution >= 0.6 is 0 Å². The molecule has 3 heteroatoms. The van der Waals surface area contributed by atoms with Crippen LogP contribution in [0.3, 0.4) is 0 Å². The Morgan fingerprint density at radius 3 is 2.86 bits per heavy atom. The highest BCUT2D eigenvalue weighted by Gasteiger charge is 2.12. The van der Waals surface area contributed by atoms with E-state index in [0.717, 1.165) is 24.4 Å². The van der Waals surface area contributed by atoms with Gasteiger partial charge in [-0.3, -0.25) is 0 Å². The van der Waals surface area contributed by atoms with E-state index >= 15 is 0 Å². The second kappa shape index (κ2) is 5.60. The van der Waals surface area contributed by atoms with Gasteiger partial charge in [-0.15, -0.1) is 0 Å². The highest BCUT2D eigenvalue weighted by atomic mass is 16.5. The van der Waals surface area contributed by atoms with Crippen LogP contribution in [0.1, 0.15) is 31.9 Å². The zero-order valence-electron chi connectivity index (χ0n) is 9.08. The van der Waals surface area contributed by atoms with Crippen molar-refractivity contribution in [2.24, 2.45) is 0 Å². The van der Waals surface area contributed by atoms with E-state index < -0.39 is 0 Å². The van der Waals surface area contributed by atoms with Crippen LogP contribution in [-0.4, -0.2) is 18.6 Å². The van der Waals surface area contributed by atoms with Gasteiger partial charge in [-0.05, 0) is 19.0 Å². The molecule has 1 atom stereocenters. The highest BCUT2D eigenvalue weighted by Crippen LogP contribution is 2.24. The van der Waals surface area contributed by atoms with Gasteiger partial charge in [0.05, 0.1) is 7.11 Å². The molecule has 1 heterocycles. The van der Waals surface area contributed by atoms with E-state index in [1.165, 1.54) is 0 Å². The van der Waals surface area contributed by atoms with E-state index in [9.17, 15) is 0 Å². The van der Waals surface area contributed by atoms with E-state index in [1.54, 1.807) is 13.3 Å². The Hall–Kier alpha value is -1.09. The number of hydrogen-bond acceptors (Lipinski definition) is 3. The molecule has 1 unspecified atom stereocenters. The lowest BCUT2D eigenvalue weighted by molar-refractivity contribution is 0.381. The summed E-state index contributed by atoms with van der Waals surface area (Å²) in [7, 11) is 1.66. The Balaban J connectivity index is 2.90. The van der Waals surface area contributed by atoms with Gasteiger partial charge in [0.15, 0.2) is 0 Å². The molecule has 0 aromatic carbocycles. The lowest BCUT2D eigenvalue weighted by Gasteiger charge is -2.17. The monoisotopic (exact) mass is 194 g/mol. The summed E-state index contributed by atoms with van der Waals surface area (Å²) >= 11 is 0. The van der Waals surface area contributed by atoms with Gasteiger partial charge in [0.25, 0.3) is 0 Å². The van der Waals surface area contributed by atoms with Crippen molar-refractivity contribution in [3.05, 3.63) is 23.9 Å². The maximum absolute atomic E-state index is 5.22. The average molecular weight is 194 g/mol. The molecule has 14 heavy (non-hydrogen) atoms. The van der Waals surface area contributed by atoms with Crippen molar-refractivity contribution < 1.29 is 4.74 Å². The summed E-state index contributed by atoms with van der Waals surface area (Å²) in [6.07, 6.45) is 2.79. The van der Waals surface area contributed by atoms with Crippen molar-refractivity contribution in [2.45, 2.75) is 26.3 Å². The summed E-state index contributed by atoms with van der Waals surface area (Å²) in [4.78, 5) is 4.19. The molecule has 0 amide bonds. The molecule has 1 N–H and O–H groups in total. The van der Waals surface area contributed by atoms with Gasteiger partial charge in [0, 0.05) is 17.8 Å². The maximum atomic E-state index is 5.22. The molecule has 0 saturated heterocycles. The third-order valence-corrected chi connectivity index (χ3v) is 2.23. The molecular formula is C11H18N2O. The Labute approximate surface area is 85.5 Å². The van der Waals surface area contributed by atoms with Crippen molar-refractivity contribution in [3.8, 4) is 5.88 Å². The molecule has 1 aromatic rings. The molecule has 3 nitrogen and oxygen atoms in total. The Bertz CT molecular complexity index is 276. The molecule has 0 aliphatic carbocycles. The van der Waals surface area contributed by atoms with E-state index in [4.69, 9.17) is 4.74 Å². The molecule has 78 valence electrons. The van der Waals surface area contributed by atoms with E-state index in [-0.39, 0.29) is 0 Å². The number of rotatable bonds is 5. The standard InChI is InChI=1S/C11H18N2O/c1-4-10(12-5-2)9-7-6-8-13-11(9)14-3/h6-8,10,12H,4-5H2,1-3H3. The number of nitrogens with zero attached hydrogens (tertiary/aromatic N) is 1. The van der Waals surface area contributed by atoms with Crippen LogP contribution in [0.5, 0.6) is 5.88 Å². The molecule has 0 fully saturated rings. The number of pyridine rings is 1. The predicted molar refractivity (Wildman–Crippen MR) is 57.5 cm³/mol. The van der Waals surface area contributed by atoms with Gasteiger partial charge in [-0.1, -0.05) is 19.9 Å². The first-order valence-electron chi connectivity index (χ1n) is 5.05. The van der Waals surface area contributed by atoms with Gasteiger partial charge in [-0.2, -0.15) is 0 Å². The number of aromatic nitrogens is 1. The summed E-state index contributed by atoms with van der Waals surface area (Å²) in [5, 5.41) is 3.40. The van der Waals surface area contributed by atoms with Crippen molar-refractivity contribution >= 4 is 0 Å². The SMILES string of the molecule is CCNC(CC)c1cccnc1OC. The quantitative estimate of drug-likeness (QED) is 0.780. The molecule has 0 spiro atoms. The van der Waals surface area contributed by atoms with E-state index in [0.29, 0.717) is 6.04 Å². The molecule has 0 radical (unpaired) electrons. The topological polar surface area (TPSA) is 34.2 Å². The first kappa shape index (κ1) is 11.0. The molecular weight excluding hydrogens is 176 g/mol. The van der Waals surface area contributed by atoms with Crippen LogP contribution in [0.25, 0.3) is 0 Å². The first-order valence-corrected chi connectivity index (χ1v) is 5.05. The van der Waals surface area contributed by atoms with Crippen LogP contribution in [0.2, 0.25) is 0 Å². The number of methoxy groups -OCH3 is 1. The number of hydrogen-bond donors (Lipinski definition) is 1. The highest BCUT2D eigenvalue weighted by molar-refractivity contribution is 5.28. The first-order chi connectivity index (χ1) is 6.83. The van der Waals surface area contributed by atoms with Gasteiger partial charge >= 0.3 is 0 Å². The van der Waals surface area contributed by atoms with Crippen molar-refractivity contribution in [1.82, 2.24) is 10.3 Å². The minimum atomic E-state index is 0.337. The van der Waals surface area contributed by atoms with Crippen molar-refractivity contribution in [3.63, 3.8) is 0 Å². The maximum Gasteiger partial charge on any atom is 0.217 e. The van der Waals surface area contributed by atoms with Gasteiger partial charge in [-0.25, -0.2) is 4.98 Å². The minimum Gasteiger partial charge on any atom is -0.481 e. The lowest BCUT2D eigenvalue weighted by Crippen LogP contribution is -2.20. The Kier molecular flexibility index (Phi) is 4.40. The Morgan fingerprint density at radius 2 is 2.29 bits per heavy atom. The fourth-order valence-corrected chi connectivity index (χ4v) is 1.56. The summed E-state index contributed by atoms with van der Waals surface area (Å²) < 4.78 is 5.22. The number of ether oxygens (including phenoxy) is 1. The summed E-state index contributed by atoms with van der Waals surface area (Å²) in [6.45, 7) is 5.21. The molecule has 0 aliphatic rings. The van der Waals surface area contributed by atoms with E-state index in [2.05, 4.69) is 30.2 Å². The van der Waals surface area contributed by atoms with Crippen LogP contribution in [-0.2, 0) is 0 Å². The van der Waals surface area contributed by atoms with Crippen LogP contribution in [0.4, 0.5) is 0 Å². The Morgan fingerprint density at radius 1 is 1.50 bits per heavy atom. The third kappa shape index (κ3) is 2.45. The van der Waals surface area contributed by atoms with Gasteiger partial charge in [0.2, 0.25) is 5.88 Å². The zero-order valence-corrected chi connectivity index (χ0v) is 9.08. The molecule has 0 bridgehead atoms. The largest absolute Gasteiger partial charge is 0.481 e. The minimum absolute atomic E-state index is 0.337. The lowest BCUT2D eigenvalue weighted by atomic mass is 10.1. The second-order valence-corrected chi connectivity index (χ2v) is 3.12. The van der Waals surface area contributed by atoms with Crippen LogP contribution < -0.4 is 10.1 Å².